The summed E-state index contributed by atoms with van der Waals surface area (Å²) >= 11 is 0. The van der Waals surface area contributed by atoms with Crippen molar-refractivity contribution in [2.75, 3.05) is 6.61 Å². The van der Waals surface area contributed by atoms with E-state index in [1.165, 1.54) is 12.1 Å². The molecular formula is C11H12F5NO2. The first-order valence-corrected chi connectivity index (χ1v) is 5.29. The highest BCUT2D eigenvalue weighted by Crippen LogP contribution is 2.25. The molecule has 1 aromatic rings. The molecule has 0 saturated heterocycles. The monoisotopic (exact) mass is 285 g/mol. The molecule has 0 bridgehead atoms. The third kappa shape index (κ3) is 6.35. The van der Waals surface area contributed by atoms with E-state index >= 15 is 0 Å². The van der Waals surface area contributed by atoms with Crippen molar-refractivity contribution < 1.29 is 31.4 Å². The Morgan fingerprint density at radius 1 is 1.21 bits per heavy atom. The second-order valence-electron chi connectivity index (χ2n) is 3.65. The van der Waals surface area contributed by atoms with Crippen molar-refractivity contribution in [3.8, 4) is 5.75 Å². The molecule has 0 aliphatic carbocycles. The van der Waals surface area contributed by atoms with Crippen LogP contribution in [0.2, 0.25) is 0 Å². The zero-order chi connectivity index (χ0) is 14.5. The summed E-state index contributed by atoms with van der Waals surface area (Å²) in [6.45, 7) is -3.18. The average Bonchev–Trinajstić information content (AvgIpc) is 2.26. The van der Waals surface area contributed by atoms with Gasteiger partial charge >= 0.3 is 13.0 Å². The van der Waals surface area contributed by atoms with E-state index < -0.39 is 24.8 Å². The van der Waals surface area contributed by atoms with Crippen molar-refractivity contribution in [3.63, 3.8) is 0 Å². The highest BCUT2D eigenvalue weighted by molar-refractivity contribution is 5.30. The van der Waals surface area contributed by atoms with Gasteiger partial charge in [-0.25, -0.2) is 0 Å². The molecule has 3 nitrogen and oxygen atoms in total. The maximum atomic E-state index is 12.0. The zero-order valence-corrected chi connectivity index (χ0v) is 9.66. The van der Waals surface area contributed by atoms with Gasteiger partial charge in [0, 0.05) is 6.04 Å². The van der Waals surface area contributed by atoms with Crippen molar-refractivity contribution in [1.29, 1.82) is 0 Å². The third-order valence-corrected chi connectivity index (χ3v) is 2.19. The van der Waals surface area contributed by atoms with E-state index in [9.17, 15) is 22.0 Å². The molecule has 0 aromatic heterocycles. The Hall–Kier alpha value is -1.41. The first kappa shape index (κ1) is 15.6. The minimum Gasteiger partial charge on any atom is -0.406 e. The van der Waals surface area contributed by atoms with Gasteiger partial charge in [0.2, 0.25) is 0 Å². The molecule has 0 unspecified atom stereocenters. The van der Waals surface area contributed by atoms with Crippen LogP contribution in [-0.4, -0.2) is 19.6 Å². The topological polar surface area (TPSA) is 44.5 Å². The van der Waals surface area contributed by atoms with Gasteiger partial charge in [-0.05, 0) is 24.1 Å². The summed E-state index contributed by atoms with van der Waals surface area (Å²) in [6.07, 6.45) is -4.73. The maximum Gasteiger partial charge on any atom is 0.573 e. The van der Waals surface area contributed by atoms with Crippen LogP contribution in [0.25, 0.3) is 0 Å². The fraction of sp³-hybridized carbons (Fsp3) is 0.455. The molecule has 0 fully saturated rings. The molecular weight excluding hydrogens is 273 g/mol. The minimum absolute atomic E-state index is 0.0554. The molecule has 0 spiro atoms. The quantitative estimate of drug-likeness (QED) is 0.816. The van der Waals surface area contributed by atoms with Gasteiger partial charge in [-0.15, -0.1) is 13.2 Å². The molecule has 0 radical (unpaired) electrons. The van der Waals surface area contributed by atoms with Gasteiger partial charge in [0.25, 0.3) is 0 Å². The molecule has 0 saturated carbocycles. The van der Waals surface area contributed by atoms with E-state index in [1.54, 1.807) is 0 Å². The Morgan fingerprint density at radius 2 is 1.89 bits per heavy atom. The van der Waals surface area contributed by atoms with Gasteiger partial charge in [-0.3, -0.25) is 0 Å². The van der Waals surface area contributed by atoms with Crippen molar-refractivity contribution in [2.45, 2.75) is 25.4 Å². The summed E-state index contributed by atoms with van der Waals surface area (Å²) < 4.78 is 67.2. The number of halogens is 5. The molecule has 8 heteroatoms. The van der Waals surface area contributed by atoms with E-state index in [2.05, 4.69) is 9.47 Å². The van der Waals surface area contributed by atoms with Crippen LogP contribution < -0.4 is 10.5 Å². The van der Waals surface area contributed by atoms with Crippen LogP contribution in [-0.2, 0) is 4.74 Å². The Labute approximate surface area is 106 Å². The first-order valence-electron chi connectivity index (χ1n) is 5.29. The van der Waals surface area contributed by atoms with E-state index in [-0.39, 0.29) is 13.0 Å². The van der Waals surface area contributed by atoms with Crippen LogP contribution in [0.4, 0.5) is 22.0 Å². The molecule has 2 N–H and O–H groups in total. The minimum atomic E-state index is -4.79. The maximum absolute atomic E-state index is 12.0. The van der Waals surface area contributed by atoms with Crippen LogP contribution in [0.3, 0.4) is 0 Å². The lowest BCUT2D eigenvalue weighted by Crippen LogP contribution is -2.18. The second kappa shape index (κ2) is 6.67. The summed E-state index contributed by atoms with van der Waals surface area (Å²) in [5, 5.41) is 0. The predicted octanol–water partition coefficient (Wildman–Crippen LogP) is 3.21. The normalized spacial score (nSPS) is 13.6. The van der Waals surface area contributed by atoms with Crippen LogP contribution >= 0.6 is 0 Å². The lowest BCUT2D eigenvalue weighted by atomic mass is 10.1. The van der Waals surface area contributed by atoms with E-state index in [0.29, 0.717) is 5.56 Å². The average molecular weight is 285 g/mol. The highest BCUT2D eigenvalue weighted by Gasteiger charge is 2.31. The van der Waals surface area contributed by atoms with Crippen LogP contribution in [0, 0.1) is 0 Å². The summed E-state index contributed by atoms with van der Waals surface area (Å²) in [4.78, 5) is 0. The fourth-order valence-electron chi connectivity index (χ4n) is 1.39. The number of hydrogen-bond donors (Lipinski definition) is 1. The molecule has 0 amide bonds. The summed E-state index contributed by atoms with van der Waals surface area (Å²) in [7, 11) is 0. The van der Waals surface area contributed by atoms with E-state index in [0.717, 1.165) is 12.1 Å². The Morgan fingerprint density at radius 3 is 2.47 bits per heavy atom. The molecule has 108 valence electrons. The van der Waals surface area contributed by atoms with Crippen molar-refractivity contribution in [3.05, 3.63) is 29.8 Å². The predicted molar refractivity (Wildman–Crippen MR) is 56.6 cm³/mol. The van der Waals surface area contributed by atoms with Crippen LogP contribution in [0.1, 0.15) is 18.0 Å². The van der Waals surface area contributed by atoms with E-state index in [4.69, 9.17) is 5.73 Å². The number of hydrogen-bond acceptors (Lipinski definition) is 3. The SMILES string of the molecule is N[C@@H](CCOC(F)F)c1cccc(OC(F)(F)F)c1. The van der Waals surface area contributed by atoms with E-state index in [1.807, 2.05) is 0 Å². The fourth-order valence-corrected chi connectivity index (χ4v) is 1.39. The van der Waals surface area contributed by atoms with Gasteiger partial charge < -0.3 is 15.2 Å². The van der Waals surface area contributed by atoms with Gasteiger partial charge in [0.1, 0.15) is 5.75 Å². The molecule has 1 atom stereocenters. The first-order chi connectivity index (χ1) is 8.78. The number of rotatable bonds is 6. The van der Waals surface area contributed by atoms with Gasteiger partial charge in [-0.2, -0.15) is 8.78 Å². The number of benzene rings is 1. The lowest BCUT2D eigenvalue weighted by molar-refractivity contribution is -0.274. The van der Waals surface area contributed by atoms with Crippen molar-refractivity contribution >= 4 is 0 Å². The number of ether oxygens (including phenoxy) is 2. The van der Waals surface area contributed by atoms with Gasteiger partial charge in [0.15, 0.2) is 0 Å². The van der Waals surface area contributed by atoms with Gasteiger partial charge in [0.05, 0.1) is 6.61 Å². The molecule has 1 aromatic carbocycles. The summed E-state index contributed by atoms with van der Waals surface area (Å²) in [6, 6.07) is 4.34. The second-order valence-corrected chi connectivity index (χ2v) is 3.65. The Bertz CT molecular complexity index is 397. The van der Waals surface area contributed by atoms with Crippen molar-refractivity contribution in [2.24, 2.45) is 5.73 Å². The molecule has 0 heterocycles. The molecule has 0 aliphatic rings. The van der Waals surface area contributed by atoms with Gasteiger partial charge in [-0.1, -0.05) is 12.1 Å². The van der Waals surface area contributed by atoms with Crippen LogP contribution in [0.15, 0.2) is 24.3 Å². The molecule has 0 aliphatic heterocycles. The number of nitrogens with two attached hydrogens (primary N) is 1. The highest BCUT2D eigenvalue weighted by atomic mass is 19.4. The Kier molecular flexibility index (Phi) is 5.49. The summed E-state index contributed by atoms with van der Waals surface area (Å²) in [5.74, 6) is -0.407. The Balaban J connectivity index is 2.60. The van der Waals surface area contributed by atoms with Crippen LogP contribution in [0.5, 0.6) is 5.75 Å². The van der Waals surface area contributed by atoms with Crippen molar-refractivity contribution in [1.82, 2.24) is 0 Å². The smallest absolute Gasteiger partial charge is 0.406 e. The molecule has 1 rings (SSSR count). The molecule has 19 heavy (non-hydrogen) atoms. The zero-order valence-electron chi connectivity index (χ0n) is 9.66. The lowest BCUT2D eigenvalue weighted by Gasteiger charge is -2.14. The number of alkyl halides is 5. The summed E-state index contributed by atoms with van der Waals surface area (Å²) in [5.41, 5.74) is 6.00. The largest absolute Gasteiger partial charge is 0.573 e. The third-order valence-electron chi connectivity index (χ3n) is 2.19. The standard InChI is InChI=1S/C11H12F5NO2/c12-10(13)18-5-4-9(17)7-2-1-3-8(6-7)19-11(14,15)16/h1-3,6,9-10H,4-5,17H2/t9-/m0/s1.